The molecule has 1 aliphatic carbocycles. The molecule has 0 spiro atoms. The zero-order valence-corrected chi connectivity index (χ0v) is 20.5. The molecule has 1 saturated carbocycles. The lowest BCUT2D eigenvalue weighted by molar-refractivity contribution is -0.125. The number of carbonyl (C=O) groups is 2. The van der Waals surface area contributed by atoms with E-state index in [4.69, 9.17) is 4.99 Å². The van der Waals surface area contributed by atoms with E-state index in [1.807, 2.05) is 6.92 Å². The van der Waals surface area contributed by atoms with Gasteiger partial charge in [0, 0.05) is 26.2 Å². The van der Waals surface area contributed by atoms with Crippen molar-refractivity contribution in [3.05, 3.63) is 0 Å². The molecule has 7 nitrogen and oxygen atoms in total. The first kappa shape index (κ1) is 24.2. The molecule has 3 N–H and O–H groups in total. The van der Waals surface area contributed by atoms with Crippen molar-refractivity contribution in [3.63, 3.8) is 0 Å². The first-order valence-corrected chi connectivity index (χ1v) is 11.1. The molecule has 3 unspecified atom stereocenters. The van der Waals surface area contributed by atoms with Crippen LogP contribution in [0, 0.1) is 17.8 Å². The summed E-state index contributed by atoms with van der Waals surface area (Å²) >= 11 is 0. The van der Waals surface area contributed by atoms with Crippen molar-refractivity contribution in [2.45, 2.75) is 71.3 Å². The van der Waals surface area contributed by atoms with Gasteiger partial charge in [-0.3, -0.25) is 15.1 Å². The number of nitrogens with zero attached hydrogens (tertiary/aromatic N) is 2. The van der Waals surface area contributed by atoms with Crippen LogP contribution in [0.1, 0.15) is 65.7 Å². The first-order chi connectivity index (χ1) is 13.4. The molecule has 0 aromatic rings. The van der Waals surface area contributed by atoms with Crippen LogP contribution in [-0.4, -0.2) is 54.5 Å². The number of hydrogen-bond donors (Lipinski definition) is 3. The third-order valence-electron chi connectivity index (χ3n) is 6.86. The standard InChI is InChI=1S/C21H37N5O2.HI/c1-4-22-19(23-11-8-16-7-5-6-15(2)14-16)26-12-9-17(10-13-26)21(3)18(27)24-20(28)25-21;/h15-17H,4-14H2,1-3H3,(H,22,23)(H2,24,25,27,28);1H. The fourth-order valence-corrected chi connectivity index (χ4v) is 5.11. The number of halogens is 1. The Morgan fingerprint density at radius 2 is 1.97 bits per heavy atom. The summed E-state index contributed by atoms with van der Waals surface area (Å²) in [7, 11) is 0. The van der Waals surface area contributed by atoms with Crippen molar-refractivity contribution in [3.8, 4) is 0 Å². The van der Waals surface area contributed by atoms with E-state index in [9.17, 15) is 9.59 Å². The van der Waals surface area contributed by atoms with Gasteiger partial charge in [-0.2, -0.15) is 0 Å². The number of piperidine rings is 1. The average molecular weight is 519 g/mol. The number of hydrogen-bond acceptors (Lipinski definition) is 3. The van der Waals surface area contributed by atoms with Crippen molar-refractivity contribution in [1.82, 2.24) is 20.9 Å². The summed E-state index contributed by atoms with van der Waals surface area (Å²) in [5, 5.41) is 8.65. The maximum Gasteiger partial charge on any atom is 0.322 e. The van der Waals surface area contributed by atoms with Crippen molar-refractivity contribution >= 4 is 41.9 Å². The highest BCUT2D eigenvalue weighted by Gasteiger charge is 2.48. The number of aliphatic imine (C=N–C) groups is 1. The topological polar surface area (TPSA) is 85.8 Å². The van der Waals surface area contributed by atoms with Gasteiger partial charge in [0.1, 0.15) is 5.54 Å². The number of urea groups is 1. The zero-order chi connectivity index (χ0) is 20.1. The maximum atomic E-state index is 12.2. The van der Waals surface area contributed by atoms with E-state index in [0.29, 0.717) is 0 Å². The molecule has 3 aliphatic rings. The molecule has 0 radical (unpaired) electrons. The van der Waals surface area contributed by atoms with Gasteiger partial charge in [-0.05, 0) is 57.3 Å². The molecule has 166 valence electrons. The molecule has 2 heterocycles. The summed E-state index contributed by atoms with van der Waals surface area (Å²) in [6.07, 6.45) is 8.38. The summed E-state index contributed by atoms with van der Waals surface area (Å²) in [6, 6.07) is -0.373. The van der Waals surface area contributed by atoms with Crippen LogP contribution >= 0.6 is 24.0 Å². The minimum atomic E-state index is -0.781. The van der Waals surface area contributed by atoms with E-state index in [0.717, 1.165) is 56.8 Å². The Balaban J connectivity index is 0.00000300. The molecule has 3 fully saturated rings. The van der Waals surface area contributed by atoms with Crippen molar-refractivity contribution in [2.24, 2.45) is 22.7 Å². The van der Waals surface area contributed by atoms with E-state index in [1.165, 1.54) is 32.1 Å². The summed E-state index contributed by atoms with van der Waals surface area (Å²) in [4.78, 5) is 31.0. The van der Waals surface area contributed by atoms with Gasteiger partial charge >= 0.3 is 6.03 Å². The lowest BCUT2D eigenvalue weighted by Crippen LogP contribution is -2.55. The molecular formula is C21H38IN5O2. The Morgan fingerprint density at radius 3 is 2.55 bits per heavy atom. The van der Waals surface area contributed by atoms with E-state index in [-0.39, 0.29) is 41.8 Å². The van der Waals surface area contributed by atoms with E-state index >= 15 is 0 Å². The zero-order valence-electron chi connectivity index (χ0n) is 18.1. The molecule has 8 heteroatoms. The fourth-order valence-electron chi connectivity index (χ4n) is 5.11. The summed E-state index contributed by atoms with van der Waals surface area (Å²) in [6.45, 7) is 9.77. The van der Waals surface area contributed by atoms with Gasteiger partial charge in [-0.1, -0.05) is 26.2 Å². The average Bonchev–Trinajstić information content (AvgIpc) is 2.94. The van der Waals surface area contributed by atoms with Gasteiger partial charge in [0.25, 0.3) is 5.91 Å². The third kappa shape index (κ3) is 5.98. The number of rotatable bonds is 5. The molecule has 3 rings (SSSR count). The molecule has 0 bridgehead atoms. The Bertz CT molecular complexity index is 606. The summed E-state index contributed by atoms with van der Waals surface area (Å²) < 4.78 is 0. The number of nitrogens with one attached hydrogen (secondary N) is 3. The van der Waals surface area contributed by atoms with Crippen LogP contribution in [0.15, 0.2) is 4.99 Å². The fraction of sp³-hybridized carbons (Fsp3) is 0.857. The second-order valence-corrected chi connectivity index (χ2v) is 9.03. The number of imide groups is 1. The van der Waals surface area contributed by atoms with Crippen molar-refractivity contribution in [1.29, 1.82) is 0 Å². The predicted molar refractivity (Wildman–Crippen MR) is 127 cm³/mol. The summed E-state index contributed by atoms with van der Waals surface area (Å²) in [5.41, 5.74) is -0.781. The number of carbonyl (C=O) groups excluding carboxylic acids is 2. The molecule has 0 aromatic carbocycles. The smallest absolute Gasteiger partial charge is 0.322 e. The molecular weight excluding hydrogens is 481 g/mol. The largest absolute Gasteiger partial charge is 0.357 e. The van der Waals surface area contributed by atoms with Crippen LogP contribution in [0.3, 0.4) is 0 Å². The van der Waals surface area contributed by atoms with E-state index in [2.05, 4.69) is 34.7 Å². The summed E-state index contributed by atoms with van der Waals surface area (Å²) in [5.74, 6) is 2.64. The Labute approximate surface area is 192 Å². The lowest BCUT2D eigenvalue weighted by Gasteiger charge is -2.39. The Morgan fingerprint density at radius 1 is 1.24 bits per heavy atom. The Kier molecular flexibility index (Phi) is 9.03. The molecule has 29 heavy (non-hydrogen) atoms. The van der Waals surface area contributed by atoms with E-state index in [1.54, 1.807) is 0 Å². The molecule has 2 aliphatic heterocycles. The lowest BCUT2D eigenvalue weighted by atomic mass is 9.79. The number of likely N-dealkylation sites (tertiary alicyclic amines) is 1. The molecule has 2 saturated heterocycles. The van der Waals surface area contributed by atoms with Crippen LogP contribution < -0.4 is 16.0 Å². The highest BCUT2D eigenvalue weighted by Crippen LogP contribution is 2.32. The van der Waals surface area contributed by atoms with Gasteiger partial charge in [-0.15, -0.1) is 24.0 Å². The second kappa shape index (κ2) is 10.8. The molecule has 3 atom stereocenters. The molecule has 0 aromatic heterocycles. The monoisotopic (exact) mass is 519 g/mol. The quantitative estimate of drug-likeness (QED) is 0.226. The highest BCUT2D eigenvalue weighted by atomic mass is 127. The SMILES string of the molecule is CCNC(=NCCC1CCCC(C)C1)N1CCC(C2(C)NC(=O)NC2=O)CC1.I. The minimum absolute atomic E-state index is 0. The molecule has 3 amide bonds. The van der Waals surface area contributed by atoms with Crippen LogP contribution in [0.2, 0.25) is 0 Å². The van der Waals surface area contributed by atoms with Gasteiger partial charge in [0.15, 0.2) is 5.96 Å². The third-order valence-corrected chi connectivity index (χ3v) is 6.86. The van der Waals surface area contributed by atoms with Gasteiger partial charge in [-0.25, -0.2) is 4.79 Å². The van der Waals surface area contributed by atoms with Gasteiger partial charge in [0.2, 0.25) is 0 Å². The maximum absolute atomic E-state index is 12.2. The van der Waals surface area contributed by atoms with Crippen molar-refractivity contribution in [2.75, 3.05) is 26.2 Å². The normalized spacial score (nSPS) is 31.1. The van der Waals surface area contributed by atoms with Crippen LogP contribution in [-0.2, 0) is 4.79 Å². The van der Waals surface area contributed by atoms with Crippen LogP contribution in [0.4, 0.5) is 4.79 Å². The Hall–Kier alpha value is -1.06. The predicted octanol–water partition coefficient (Wildman–Crippen LogP) is 3.10. The van der Waals surface area contributed by atoms with Gasteiger partial charge in [0.05, 0.1) is 0 Å². The number of amides is 3. The second-order valence-electron chi connectivity index (χ2n) is 9.03. The number of guanidine groups is 1. The van der Waals surface area contributed by atoms with Crippen LogP contribution in [0.5, 0.6) is 0 Å². The first-order valence-electron chi connectivity index (χ1n) is 11.1. The van der Waals surface area contributed by atoms with Crippen molar-refractivity contribution < 1.29 is 9.59 Å². The van der Waals surface area contributed by atoms with Crippen LogP contribution in [0.25, 0.3) is 0 Å². The minimum Gasteiger partial charge on any atom is -0.357 e. The van der Waals surface area contributed by atoms with Gasteiger partial charge < -0.3 is 15.5 Å². The van der Waals surface area contributed by atoms with E-state index < -0.39 is 5.54 Å². The highest BCUT2D eigenvalue weighted by molar-refractivity contribution is 14.0.